The summed E-state index contributed by atoms with van der Waals surface area (Å²) in [4.78, 5) is 10.6. The van der Waals surface area contributed by atoms with E-state index in [0.717, 1.165) is 6.07 Å². The molecule has 1 amide bonds. The molecule has 18 heavy (non-hydrogen) atoms. The number of halogens is 3. The van der Waals surface area contributed by atoms with Crippen molar-refractivity contribution in [3.05, 3.63) is 35.4 Å². The number of carbonyl (C=O) groups is 1. The molecule has 0 saturated heterocycles. The molecule has 0 fully saturated rings. The maximum atomic E-state index is 12.4. The smallest absolute Gasteiger partial charge is 0.416 e. The van der Waals surface area contributed by atoms with Gasteiger partial charge < -0.3 is 10.4 Å². The number of rotatable bonds is 3. The van der Waals surface area contributed by atoms with E-state index in [4.69, 9.17) is 0 Å². The number of nitrogens with one attached hydrogen (secondary N) is 1. The Balaban J connectivity index is 2.84. The van der Waals surface area contributed by atoms with Crippen LogP contribution >= 0.6 is 0 Å². The number of carbonyl (C=O) groups excluding carboxylic acids is 1. The molecular weight excluding hydrogens is 247 g/mol. The molecule has 1 aromatic carbocycles. The molecule has 0 bridgehead atoms. The van der Waals surface area contributed by atoms with Crippen LogP contribution in [0.4, 0.5) is 13.2 Å². The van der Waals surface area contributed by atoms with Gasteiger partial charge in [0.25, 0.3) is 0 Å². The fourth-order valence-electron chi connectivity index (χ4n) is 1.29. The van der Waals surface area contributed by atoms with Crippen molar-refractivity contribution in [2.24, 2.45) is 0 Å². The Hall–Kier alpha value is -1.98. The Morgan fingerprint density at radius 3 is 2.61 bits per heavy atom. The van der Waals surface area contributed by atoms with E-state index in [0.29, 0.717) is 6.07 Å². The van der Waals surface area contributed by atoms with Gasteiger partial charge in [-0.15, -0.1) is 0 Å². The molecule has 1 rings (SSSR count). The van der Waals surface area contributed by atoms with Crippen molar-refractivity contribution in [3.8, 4) is 5.75 Å². The molecule has 0 aliphatic heterocycles. The molecule has 0 spiro atoms. The Labute approximate surface area is 102 Å². The van der Waals surface area contributed by atoms with Gasteiger partial charge in [0.1, 0.15) is 5.75 Å². The van der Waals surface area contributed by atoms with Gasteiger partial charge in [-0.25, -0.2) is 0 Å². The maximum absolute atomic E-state index is 12.4. The molecule has 0 aliphatic rings. The quantitative estimate of drug-likeness (QED) is 0.876. The highest BCUT2D eigenvalue weighted by atomic mass is 19.4. The van der Waals surface area contributed by atoms with Gasteiger partial charge in [-0.3, -0.25) is 4.79 Å². The fraction of sp³-hybridized carbons (Fsp3) is 0.250. The van der Waals surface area contributed by atoms with Gasteiger partial charge >= 0.3 is 6.18 Å². The predicted octanol–water partition coefficient (Wildman–Crippen LogP) is 2.56. The van der Waals surface area contributed by atoms with Gasteiger partial charge in [0.2, 0.25) is 5.91 Å². The Kier molecular flexibility index (Phi) is 4.36. The highest BCUT2D eigenvalue weighted by Crippen LogP contribution is 2.32. The summed E-state index contributed by atoms with van der Waals surface area (Å²) in [6, 6.07) is 2.79. The van der Waals surface area contributed by atoms with E-state index in [2.05, 4.69) is 5.32 Å². The third-order valence-electron chi connectivity index (χ3n) is 2.05. The van der Waals surface area contributed by atoms with Gasteiger partial charge in [-0.1, -0.05) is 12.2 Å². The van der Waals surface area contributed by atoms with Crippen molar-refractivity contribution in [3.63, 3.8) is 0 Å². The lowest BCUT2D eigenvalue weighted by Gasteiger charge is -2.08. The number of hydrogen-bond donors (Lipinski definition) is 2. The van der Waals surface area contributed by atoms with E-state index < -0.39 is 17.5 Å². The average Bonchev–Trinajstić information content (AvgIpc) is 2.22. The lowest BCUT2D eigenvalue weighted by molar-refractivity contribution is -0.137. The first kappa shape index (κ1) is 14.1. The van der Waals surface area contributed by atoms with Gasteiger partial charge in [0.05, 0.1) is 5.56 Å². The van der Waals surface area contributed by atoms with Crippen molar-refractivity contribution < 1.29 is 23.1 Å². The van der Waals surface area contributed by atoms with Crippen LogP contribution in [-0.2, 0) is 11.0 Å². The first-order valence-electron chi connectivity index (χ1n) is 5.11. The zero-order valence-electron chi connectivity index (χ0n) is 9.58. The first-order valence-corrected chi connectivity index (χ1v) is 5.11. The van der Waals surface area contributed by atoms with Crippen LogP contribution in [0.2, 0.25) is 0 Å². The second-order valence-corrected chi connectivity index (χ2v) is 3.65. The van der Waals surface area contributed by atoms with Crippen molar-refractivity contribution in [2.45, 2.75) is 13.1 Å². The number of phenols is 1. The largest absolute Gasteiger partial charge is 0.508 e. The van der Waals surface area contributed by atoms with Crippen LogP contribution < -0.4 is 5.32 Å². The van der Waals surface area contributed by atoms with E-state index in [1.165, 1.54) is 25.1 Å². The minimum absolute atomic E-state index is 0.215. The van der Waals surface area contributed by atoms with Crippen LogP contribution in [0.1, 0.15) is 18.1 Å². The number of aromatic hydroxyl groups is 1. The van der Waals surface area contributed by atoms with Crippen molar-refractivity contribution in [2.75, 3.05) is 6.54 Å². The van der Waals surface area contributed by atoms with Gasteiger partial charge in [0.15, 0.2) is 0 Å². The normalized spacial score (nSPS) is 11.8. The second kappa shape index (κ2) is 5.57. The summed E-state index contributed by atoms with van der Waals surface area (Å²) < 4.78 is 37.3. The second-order valence-electron chi connectivity index (χ2n) is 3.65. The summed E-state index contributed by atoms with van der Waals surface area (Å²) in [7, 11) is 0. The van der Waals surface area contributed by atoms with Crippen LogP contribution in [0, 0.1) is 0 Å². The minimum Gasteiger partial charge on any atom is -0.508 e. The molecule has 2 N–H and O–H groups in total. The van der Waals surface area contributed by atoms with Crippen molar-refractivity contribution in [1.82, 2.24) is 5.32 Å². The lowest BCUT2D eigenvalue weighted by Crippen LogP contribution is -2.19. The molecule has 0 heterocycles. The van der Waals surface area contributed by atoms with Crippen LogP contribution in [-0.4, -0.2) is 17.6 Å². The average molecular weight is 259 g/mol. The molecule has 3 nitrogen and oxygen atoms in total. The summed E-state index contributed by atoms with van der Waals surface area (Å²) in [6.07, 6.45) is -1.61. The molecule has 98 valence electrons. The van der Waals surface area contributed by atoms with Crippen molar-refractivity contribution >= 4 is 12.0 Å². The molecule has 0 aliphatic carbocycles. The lowest BCUT2D eigenvalue weighted by atomic mass is 10.1. The number of alkyl halides is 3. The fourth-order valence-corrected chi connectivity index (χ4v) is 1.29. The van der Waals surface area contributed by atoms with E-state index in [9.17, 15) is 23.1 Å². The standard InChI is InChI=1S/C12H12F3NO2/c1-8(17)16-4-2-3-9-5-10(12(13,14)15)7-11(18)6-9/h2-3,5-7,18H,4H2,1H3,(H,16,17). The van der Waals surface area contributed by atoms with Crippen LogP contribution in [0.3, 0.4) is 0 Å². The number of amides is 1. The minimum atomic E-state index is -4.50. The van der Waals surface area contributed by atoms with E-state index in [-0.39, 0.29) is 18.0 Å². The zero-order valence-corrected chi connectivity index (χ0v) is 9.58. The van der Waals surface area contributed by atoms with Crippen LogP contribution in [0.25, 0.3) is 6.08 Å². The maximum Gasteiger partial charge on any atom is 0.416 e. The molecular formula is C12H12F3NO2. The number of benzene rings is 1. The summed E-state index contributed by atoms with van der Waals surface area (Å²) in [6.45, 7) is 1.55. The predicted molar refractivity (Wildman–Crippen MR) is 60.8 cm³/mol. The van der Waals surface area contributed by atoms with Crippen molar-refractivity contribution in [1.29, 1.82) is 0 Å². The Morgan fingerprint density at radius 2 is 2.06 bits per heavy atom. The summed E-state index contributed by atoms with van der Waals surface area (Å²) >= 11 is 0. The summed E-state index contributed by atoms with van der Waals surface area (Å²) in [5.74, 6) is -0.685. The van der Waals surface area contributed by atoms with E-state index in [1.54, 1.807) is 0 Å². The zero-order chi connectivity index (χ0) is 13.8. The SMILES string of the molecule is CC(=O)NCC=Cc1cc(O)cc(C(F)(F)F)c1. The van der Waals surface area contributed by atoms with Crippen LogP contribution in [0.5, 0.6) is 5.75 Å². The topological polar surface area (TPSA) is 49.3 Å². The number of phenolic OH excluding ortho intramolecular Hbond substituents is 1. The Morgan fingerprint density at radius 1 is 1.39 bits per heavy atom. The molecule has 0 saturated carbocycles. The van der Waals surface area contributed by atoms with Gasteiger partial charge in [-0.2, -0.15) is 13.2 Å². The highest BCUT2D eigenvalue weighted by molar-refractivity contribution is 5.73. The molecule has 0 aromatic heterocycles. The summed E-state index contributed by atoms with van der Waals surface area (Å²) in [5.41, 5.74) is -0.700. The van der Waals surface area contributed by atoms with Gasteiger partial charge in [0, 0.05) is 13.5 Å². The third kappa shape index (κ3) is 4.48. The Bertz CT molecular complexity index is 467. The monoisotopic (exact) mass is 259 g/mol. The van der Waals surface area contributed by atoms with Gasteiger partial charge in [-0.05, 0) is 23.8 Å². The molecule has 6 heteroatoms. The third-order valence-corrected chi connectivity index (χ3v) is 2.05. The molecule has 0 atom stereocenters. The van der Waals surface area contributed by atoms with E-state index >= 15 is 0 Å². The molecule has 0 radical (unpaired) electrons. The van der Waals surface area contributed by atoms with E-state index in [1.807, 2.05) is 0 Å². The van der Waals surface area contributed by atoms with Crippen LogP contribution in [0.15, 0.2) is 24.3 Å². The molecule has 1 aromatic rings. The highest BCUT2D eigenvalue weighted by Gasteiger charge is 2.31. The molecule has 0 unspecified atom stereocenters. The summed E-state index contributed by atoms with van der Waals surface area (Å²) in [5, 5.41) is 11.7. The number of hydrogen-bond acceptors (Lipinski definition) is 2. The first-order chi connectivity index (χ1) is 8.29.